The van der Waals surface area contributed by atoms with Crippen LogP contribution in [0.3, 0.4) is 0 Å². The molecule has 0 saturated carbocycles. The lowest BCUT2D eigenvalue weighted by Gasteiger charge is -2.26. The van der Waals surface area contributed by atoms with Crippen molar-refractivity contribution in [3.8, 4) is 0 Å². The highest BCUT2D eigenvalue weighted by atomic mass is 19.1. The van der Waals surface area contributed by atoms with E-state index in [1.807, 2.05) is 36.3 Å². The number of likely N-dealkylation sites (N-methyl/N-ethyl adjacent to an activating group) is 1. The average Bonchev–Trinajstić information content (AvgIpc) is 2.91. The molecule has 0 saturated heterocycles. The van der Waals surface area contributed by atoms with Crippen LogP contribution in [0.5, 0.6) is 0 Å². The van der Waals surface area contributed by atoms with E-state index in [-0.39, 0.29) is 17.9 Å². The van der Waals surface area contributed by atoms with Crippen molar-refractivity contribution in [2.45, 2.75) is 25.4 Å². The summed E-state index contributed by atoms with van der Waals surface area (Å²) in [6.45, 7) is 2.95. The maximum Gasteiger partial charge on any atom is 0.123 e. The number of hydrogen-bond acceptors (Lipinski definition) is 3. The molecule has 1 aromatic carbocycles. The van der Waals surface area contributed by atoms with Crippen molar-refractivity contribution in [2.24, 2.45) is 7.05 Å². The molecule has 0 amide bonds. The van der Waals surface area contributed by atoms with Gasteiger partial charge < -0.3 is 10.2 Å². The van der Waals surface area contributed by atoms with Crippen LogP contribution in [-0.2, 0) is 7.05 Å². The summed E-state index contributed by atoms with van der Waals surface area (Å²) in [5.74, 6) is -0.194. The van der Waals surface area contributed by atoms with Gasteiger partial charge in [-0.2, -0.15) is 5.10 Å². The monoisotopic (exact) mass is 304 g/mol. The van der Waals surface area contributed by atoms with E-state index in [0.29, 0.717) is 0 Å². The molecule has 0 unspecified atom stereocenters. The van der Waals surface area contributed by atoms with Gasteiger partial charge in [-0.25, -0.2) is 4.39 Å². The Hall–Kier alpha value is -1.72. The summed E-state index contributed by atoms with van der Waals surface area (Å²) in [5, 5.41) is 7.85. The Kier molecular flexibility index (Phi) is 5.69. The summed E-state index contributed by atoms with van der Waals surface area (Å²) in [7, 11) is 6.06. The largest absolute Gasteiger partial charge is 0.308 e. The average molecular weight is 304 g/mol. The number of halogens is 1. The van der Waals surface area contributed by atoms with Crippen LogP contribution in [0.15, 0.2) is 36.7 Å². The van der Waals surface area contributed by atoms with Gasteiger partial charge in [0.15, 0.2) is 0 Å². The highest BCUT2D eigenvalue weighted by Gasteiger charge is 2.18. The number of aromatic nitrogens is 2. The van der Waals surface area contributed by atoms with Gasteiger partial charge in [0.1, 0.15) is 5.82 Å². The Bertz CT molecular complexity index is 577. The molecule has 22 heavy (non-hydrogen) atoms. The summed E-state index contributed by atoms with van der Waals surface area (Å²) < 4.78 is 14.9. The molecule has 0 aliphatic rings. The zero-order chi connectivity index (χ0) is 16.1. The molecule has 0 fully saturated rings. The summed E-state index contributed by atoms with van der Waals surface area (Å²) in [6.07, 6.45) is 4.91. The van der Waals surface area contributed by atoms with Crippen LogP contribution in [-0.4, -0.2) is 35.3 Å². The fourth-order valence-electron chi connectivity index (χ4n) is 2.66. The SMILES string of the molecule is CC[C@@H](NC[C@@H](c1cnn(C)c1)N(C)C)c1ccc(F)cc1. The Morgan fingerprint density at radius 2 is 1.91 bits per heavy atom. The van der Waals surface area contributed by atoms with Crippen molar-refractivity contribution in [3.05, 3.63) is 53.6 Å². The second kappa shape index (κ2) is 7.51. The zero-order valence-corrected chi connectivity index (χ0v) is 13.8. The minimum absolute atomic E-state index is 0.194. The van der Waals surface area contributed by atoms with E-state index in [2.05, 4.69) is 36.3 Å². The van der Waals surface area contributed by atoms with E-state index >= 15 is 0 Å². The number of nitrogens with zero attached hydrogens (tertiary/aromatic N) is 3. The molecule has 2 atom stereocenters. The third-order valence-corrected chi connectivity index (χ3v) is 3.97. The first-order chi connectivity index (χ1) is 10.5. The summed E-state index contributed by atoms with van der Waals surface area (Å²) in [5.41, 5.74) is 2.31. The number of nitrogens with one attached hydrogen (secondary N) is 1. The van der Waals surface area contributed by atoms with Gasteiger partial charge in [-0.05, 0) is 38.2 Å². The molecule has 0 spiro atoms. The van der Waals surface area contributed by atoms with Crippen molar-refractivity contribution in [1.82, 2.24) is 20.0 Å². The number of benzene rings is 1. The molecule has 0 bridgehead atoms. The van der Waals surface area contributed by atoms with Crippen molar-refractivity contribution in [1.29, 1.82) is 0 Å². The van der Waals surface area contributed by atoms with Crippen molar-refractivity contribution < 1.29 is 4.39 Å². The van der Waals surface area contributed by atoms with Crippen LogP contribution in [0.4, 0.5) is 4.39 Å². The van der Waals surface area contributed by atoms with Crippen LogP contribution in [0, 0.1) is 5.82 Å². The fourth-order valence-corrected chi connectivity index (χ4v) is 2.66. The van der Waals surface area contributed by atoms with Gasteiger partial charge >= 0.3 is 0 Å². The maximum atomic E-state index is 13.1. The smallest absolute Gasteiger partial charge is 0.123 e. The van der Waals surface area contributed by atoms with Crippen LogP contribution in [0.1, 0.15) is 36.6 Å². The summed E-state index contributed by atoms with van der Waals surface area (Å²) >= 11 is 0. The van der Waals surface area contributed by atoms with Crippen LogP contribution >= 0.6 is 0 Å². The summed E-state index contributed by atoms with van der Waals surface area (Å²) in [4.78, 5) is 2.18. The van der Waals surface area contributed by atoms with E-state index in [0.717, 1.165) is 18.5 Å². The lowest BCUT2D eigenvalue weighted by atomic mass is 10.0. The highest BCUT2D eigenvalue weighted by molar-refractivity contribution is 5.20. The first kappa shape index (κ1) is 16.6. The zero-order valence-electron chi connectivity index (χ0n) is 13.8. The Balaban J connectivity index is 2.05. The molecular weight excluding hydrogens is 279 g/mol. The Morgan fingerprint density at radius 1 is 1.23 bits per heavy atom. The van der Waals surface area contributed by atoms with Gasteiger partial charge in [-0.1, -0.05) is 19.1 Å². The van der Waals surface area contributed by atoms with E-state index in [1.54, 1.807) is 0 Å². The standard InChI is InChI=1S/C17H25FN4/c1-5-16(13-6-8-15(18)9-7-13)19-11-17(21(2)3)14-10-20-22(4)12-14/h6-10,12,16-17,19H,5,11H2,1-4H3/t16-,17+/m1/s1. The predicted octanol–water partition coefficient (Wildman–Crippen LogP) is 2.90. The lowest BCUT2D eigenvalue weighted by Crippen LogP contribution is -2.33. The molecule has 1 N–H and O–H groups in total. The van der Waals surface area contributed by atoms with Gasteiger partial charge in [0.2, 0.25) is 0 Å². The van der Waals surface area contributed by atoms with Crippen LogP contribution < -0.4 is 5.32 Å². The first-order valence-corrected chi connectivity index (χ1v) is 7.65. The van der Waals surface area contributed by atoms with Crippen LogP contribution in [0.25, 0.3) is 0 Å². The molecule has 1 aromatic heterocycles. The highest BCUT2D eigenvalue weighted by Crippen LogP contribution is 2.21. The van der Waals surface area contributed by atoms with Crippen molar-refractivity contribution in [2.75, 3.05) is 20.6 Å². The quantitative estimate of drug-likeness (QED) is 0.854. The van der Waals surface area contributed by atoms with E-state index < -0.39 is 0 Å². The molecule has 0 radical (unpaired) electrons. The van der Waals surface area contributed by atoms with Gasteiger partial charge in [-0.15, -0.1) is 0 Å². The number of aryl methyl sites for hydroxylation is 1. The summed E-state index contributed by atoms with van der Waals surface area (Å²) in [6, 6.07) is 7.22. The lowest BCUT2D eigenvalue weighted by molar-refractivity contribution is 0.278. The topological polar surface area (TPSA) is 33.1 Å². The molecule has 4 nitrogen and oxygen atoms in total. The molecule has 1 heterocycles. The van der Waals surface area contributed by atoms with E-state index in [1.165, 1.54) is 17.7 Å². The Morgan fingerprint density at radius 3 is 2.41 bits per heavy atom. The third kappa shape index (κ3) is 4.15. The van der Waals surface area contributed by atoms with Gasteiger partial charge in [-0.3, -0.25) is 4.68 Å². The van der Waals surface area contributed by atoms with Gasteiger partial charge in [0.25, 0.3) is 0 Å². The number of hydrogen-bond donors (Lipinski definition) is 1. The second-order valence-corrected chi connectivity index (χ2v) is 5.85. The van der Waals surface area contributed by atoms with Gasteiger partial charge in [0.05, 0.1) is 6.20 Å². The number of rotatable bonds is 7. The molecule has 5 heteroatoms. The molecule has 0 aliphatic heterocycles. The Labute approximate surface area is 131 Å². The third-order valence-electron chi connectivity index (χ3n) is 3.97. The fraction of sp³-hybridized carbons (Fsp3) is 0.471. The van der Waals surface area contributed by atoms with Crippen molar-refractivity contribution >= 4 is 0 Å². The normalized spacial score (nSPS) is 14.3. The second-order valence-electron chi connectivity index (χ2n) is 5.85. The molecule has 120 valence electrons. The minimum atomic E-state index is -0.194. The predicted molar refractivity (Wildman–Crippen MR) is 87.1 cm³/mol. The minimum Gasteiger partial charge on any atom is -0.308 e. The van der Waals surface area contributed by atoms with E-state index in [4.69, 9.17) is 0 Å². The van der Waals surface area contributed by atoms with E-state index in [9.17, 15) is 4.39 Å². The van der Waals surface area contributed by atoms with Crippen molar-refractivity contribution in [3.63, 3.8) is 0 Å². The molecule has 2 rings (SSSR count). The van der Waals surface area contributed by atoms with Crippen LogP contribution in [0.2, 0.25) is 0 Å². The van der Waals surface area contributed by atoms with Gasteiger partial charge in [0, 0.05) is 37.4 Å². The molecular formula is C17H25FN4. The first-order valence-electron chi connectivity index (χ1n) is 7.65. The molecule has 2 aromatic rings. The molecule has 0 aliphatic carbocycles. The maximum absolute atomic E-state index is 13.1.